The number of amides is 2. The number of aryl methyl sites for hydroxylation is 1. The number of carbonyl (C=O) groups is 2. The Hall–Kier alpha value is -2.74. The zero-order valence-corrected chi connectivity index (χ0v) is 21.2. The highest BCUT2D eigenvalue weighted by atomic mass is 35.5. The number of hydrogen-bond acceptors (Lipinski definition) is 5. The number of ether oxygens (including phenoxy) is 1. The summed E-state index contributed by atoms with van der Waals surface area (Å²) in [7, 11) is 1.89. The first-order valence-electron chi connectivity index (χ1n) is 11.9. The maximum atomic E-state index is 13.5. The van der Waals surface area contributed by atoms with Gasteiger partial charge < -0.3 is 19.4 Å². The number of benzene rings is 1. The van der Waals surface area contributed by atoms with Crippen molar-refractivity contribution in [3.63, 3.8) is 0 Å². The molecule has 34 heavy (non-hydrogen) atoms. The second-order valence-electron chi connectivity index (χ2n) is 10.1. The summed E-state index contributed by atoms with van der Waals surface area (Å²) in [5.41, 5.74) is 2.21. The molecular formula is C25H34ClN5O3. The molecule has 3 heterocycles. The molecule has 2 aliphatic heterocycles. The van der Waals surface area contributed by atoms with Crippen LogP contribution in [-0.2, 0) is 11.8 Å². The Labute approximate surface area is 206 Å². The predicted molar refractivity (Wildman–Crippen MR) is 133 cm³/mol. The van der Waals surface area contributed by atoms with Crippen LogP contribution in [0, 0.1) is 0 Å². The van der Waals surface area contributed by atoms with Crippen molar-refractivity contribution in [3.8, 4) is 0 Å². The van der Waals surface area contributed by atoms with E-state index in [2.05, 4.69) is 10.00 Å². The summed E-state index contributed by atoms with van der Waals surface area (Å²) in [5.74, 6) is 0.210. The Morgan fingerprint density at radius 1 is 1.03 bits per heavy atom. The number of aromatic nitrogens is 2. The van der Waals surface area contributed by atoms with Crippen LogP contribution in [0.5, 0.6) is 0 Å². The summed E-state index contributed by atoms with van der Waals surface area (Å²) < 4.78 is 7.34. The van der Waals surface area contributed by atoms with E-state index in [1.807, 2.05) is 61.7 Å². The van der Waals surface area contributed by atoms with Crippen LogP contribution in [0.2, 0.25) is 5.02 Å². The van der Waals surface area contributed by atoms with Gasteiger partial charge in [0, 0.05) is 62.9 Å². The Morgan fingerprint density at radius 2 is 1.71 bits per heavy atom. The van der Waals surface area contributed by atoms with Crippen molar-refractivity contribution < 1.29 is 14.3 Å². The number of anilines is 1. The topological polar surface area (TPSA) is 70.9 Å². The van der Waals surface area contributed by atoms with Crippen molar-refractivity contribution in [2.24, 2.45) is 7.05 Å². The number of hydrogen-bond donors (Lipinski definition) is 0. The fourth-order valence-corrected chi connectivity index (χ4v) is 4.95. The van der Waals surface area contributed by atoms with E-state index in [1.54, 1.807) is 11.1 Å². The van der Waals surface area contributed by atoms with Crippen molar-refractivity contribution in [1.29, 1.82) is 0 Å². The quantitative estimate of drug-likeness (QED) is 0.650. The predicted octanol–water partition coefficient (Wildman–Crippen LogP) is 4.15. The average molecular weight is 488 g/mol. The van der Waals surface area contributed by atoms with Crippen molar-refractivity contribution in [3.05, 3.63) is 46.7 Å². The van der Waals surface area contributed by atoms with Gasteiger partial charge in [-0.05, 0) is 51.8 Å². The number of carbonyl (C=O) groups excluding carboxylic acids is 2. The normalized spacial score (nSPS) is 17.7. The number of piperazine rings is 1. The molecule has 1 aromatic heterocycles. The average Bonchev–Trinajstić information content (AvgIpc) is 3.19. The van der Waals surface area contributed by atoms with E-state index in [1.165, 1.54) is 0 Å². The fraction of sp³-hybridized carbons (Fsp3) is 0.560. The molecule has 184 valence electrons. The highest BCUT2D eigenvalue weighted by Gasteiger charge is 2.33. The molecule has 0 N–H and O–H groups in total. The first kappa shape index (κ1) is 24.4. The summed E-state index contributed by atoms with van der Waals surface area (Å²) >= 11 is 6.14. The SMILES string of the molecule is Cn1ncc(C(=O)N2CCN(c3cccc(Cl)c3)CC2)c1C1CCN(C(=O)OC(C)(C)C)CC1. The van der Waals surface area contributed by atoms with Gasteiger partial charge in [0.25, 0.3) is 5.91 Å². The van der Waals surface area contributed by atoms with E-state index in [9.17, 15) is 9.59 Å². The molecule has 2 aromatic rings. The lowest BCUT2D eigenvalue weighted by Gasteiger charge is -2.37. The van der Waals surface area contributed by atoms with Crippen molar-refractivity contribution in [2.45, 2.75) is 45.1 Å². The van der Waals surface area contributed by atoms with E-state index in [0.29, 0.717) is 36.8 Å². The fourth-order valence-electron chi connectivity index (χ4n) is 4.77. The van der Waals surface area contributed by atoms with Gasteiger partial charge >= 0.3 is 6.09 Å². The molecule has 1 aromatic carbocycles. The third kappa shape index (κ3) is 5.49. The lowest BCUT2D eigenvalue weighted by atomic mass is 9.91. The second-order valence-corrected chi connectivity index (χ2v) is 10.5. The zero-order chi connectivity index (χ0) is 24.5. The van der Waals surface area contributed by atoms with Gasteiger partial charge in [-0.25, -0.2) is 4.79 Å². The van der Waals surface area contributed by atoms with Crippen LogP contribution in [0.3, 0.4) is 0 Å². The van der Waals surface area contributed by atoms with E-state index in [-0.39, 0.29) is 17.9 Å². The summed E-state index contributed by atoms with van der Waals surface area (Å²) in [5, 5.41) is 5.14. The van der Waals surface area contributed by atoms with Crippen molar-refractivity contribution in [1.82, 2.24) is 19.6 Å². The van der Waals surface area contributed by atoms with Gasteiger partial charge in [-0.3, -0.25) is 9.48 Å². The Bertz CT molecular complexity index is 1030. The van der Waals surface area contributed by atoms with Gasteiger partial charge in [0.05, 0.1) is 17.5 Å². The van der Waals surface area contributed by atoms with Gasteiger partial charge in [-0.15, -0.1) is 0 Å². The van der Waals surface area contributed by atoms with Gasteiger partial charge in [0.15, 0.2) is 0 Å². The molecule has 0 unspecified atom stereocenters. The molecule has 2 fully saturated rings. The highest BCUT2D eigenvalue weighted by Crippen LogP contribution is 2.31. The molecule has 8 nitrogen and oxygen atoms in total. The highest BCUT2D eigenvalue weighted by molar-refractivity contribution is 6.30. The Balaban J connectivity index is 1.38. The minimum absolute atomic E-state index is 0.0309. The molecule has 0 radical (unpaired) electrons. The minimum Gasteiger partial charge on any atom is -0.444 e. The number of likely N-dealkylation sites (tertiary alicyclic amines) is 1. The van der Waals surface area contributed by atoms with E-state index >= 15 is 0 Å². The van der Waals surface area contributed by atoms with Crippen LogP contribution in [0.1, 0.15) is 55.6 Å². The van der Waals surface area contributed by atoms with Crippen LogP contribution in [0.4, 0.5) is 10.5 Å². The Kier molecular flexibility index (Phi) is 7.07. The maximum absolute atomic E-state index is 13.5. The molecule has 2 aliphatic rings. The first-order chi connectivity index (χ1) is 16.1. The van der Waals surface area contributed by atoms with Crippen LogP contribution in [0.25, 0.3) is 0 Å². The minimum atomic E-state index is -0.508. The van der Waals surface area contributed by atoms with Gasteiger partial charge in [-0.1, -0.05) is 17.7 Å². The Morgan fingerprint density at radius 3 is 2.32 bits per heavy atom. The van der Waals surface area contributed by atoms with Crippen LogP contribution >= 0.6 is 11.6 Å². The van der Waals surface area contributed by atoms with Gasteiger partial charge in [0.2, 0.25) is 0 Å². The molecule has 0 atom stereocenters. The molecule has 0 aliphatic carbocycles. The molecule has 9 heteroatoms. The first-order valence-corrected chi connectivity index (χ1v) is 12.3. The van der Waals surface area contributed by atoms with E-state index in [4.69, 9.17) is 16.3 Å². The largest absolute Gasteiger partial charge is 0.444 e. The lowest BCUT2D eigenvalue weighted by Crippen LogP contribution is -2.49. The summed E-state index contributed by atoms with van der Waals surface area (Å²) in [6.45, 7) is 9.66. The third-order valence-electron chi connectivity index (χ3n) is 6.49. The summed E-state index contributed by atoms with van der Waals surface area (Å²) in [6, 6.07) is 7.83. The molecule has 0 bridgehead atoms. The number of halogens is 1. The number of nitrogens with zero attached hydrogens (tertiary/aromatic N) is 5. The molecule has 2 amide bonds. The zero-order valence-electron chi connectivity index (χ0n) is 20.5. The molecule has 0 spiro atoms. The maximum Gasteiger partial charge on any atom is 0.410 e. The molecule has 4 rings (SSSR count). The lowest BCUT2D eigenvalue weighted by molar-refractivity contribution is 0.0202. The monoisotopic (exact) mass is 487 g/mol. The number of piperidine rings is 1. The van der Waals surface area contributed by atoms with Crippen molar-refractivity contribution in [2.75, 3.05) is 44.2 Å². The molecular weight excluding hydrogens is 454 g/mol. The van der Waals surface area contributed by atoms with Gasteiger partial charge in [0.1, 0.15) is 5.60 Å². The molecule has 2 saturated heterocycles. The summed E-state index contributed by atoms with van der Waals surface area (Å²) in [4.78, 5) is 31.8. The van der Waals surface area contributed by atoms with Crippen molar-refractivity contribution >= 4 is 29.3 Å². The van der Waals surface area contributed by atoms with Crippen LogP contribution < -0.4 is 4.90 Å². The number of rotatable bonds is 3. The van der Waals surface area contributed by atoms with Crippen LogP contribution in [0.15, 0.2) is 30.5 Å². The third-order valence-corrected chi connectivity index (χ3v) is 6.72. The second kappa shape index (κ2) is 9.86. The standard InChI is InChI=1S/C25H34ClN5O3/c1-25(2,3)34-24(33)31-10-8-18(9-11-31)22-21(17-27-28(22)4)23(32)30-14-12-29(13-15-30)20-7-5-6-19(26)16-20/h5-7,16-18H,8-15H2,1-4H3. The summed E-state index contributed by atoms with van der Waals surface area (Å²) in [6.07, 6.45) is 2.98. The van der Waals surface area contributed by atoms with E-state index in [0.717, 1.165) is 37.3 Å². The van der Waals surface area contributed by atoms with E-state index < -0.39 is 5.60 Å². The smallest absolute Gasteiger partial charge is 0.410 e. The van der Waals surface area contributed by atoms with Gasteiger partial charge in [-0.2, -0.15) is 5.10 Å². The molecule has 0 saturated carbocycles. The van der Waals surface area contributed by atoms with Crippen LogP contribution in [-0.4, -0.2) is 76.5 Å².